The number of anilines is 1. The predicted octanol–water partition coefficient (Wildman–Crippen LogP) is 0.0538. The summed E-state index contributed by atoms with van der Waals surface area (Å²) < 4.78 is 1.67. The van der Waals surface area contributed by atoms with E-state index in [1.807, 2.05) is 7.05 Å². The van der Waals surface area contributed by atoms with E-state index in [9.17, 15) is 4.79 Å². The molecule has 0 radical (unpaired) electrons. The molecule has 7 nitrogen and oxygen atoms in total. The zero-order valence-corrected chi connectivity index (χ0v) is 10.1. The minimum Gasteiger partial charge on any atom is -0.360 e. The van der Waals surface area contributed by atoms with Gasteiger partial charge >= 0.3 is 0 Å². The first kappa shape index (κ1) is 10.9. The number of hydrogen-bond donors (Lipinski definition) is 2. The van der Waals surface area contributed by atoms with Gasteiger partial charge in [0.15, 0.2) is 5.65 Å². The molecule has 0 bridgehead atoms. The van der Waals surface area contributed by atoms with E-state index in [0.717, 1.165) is 23.9 Å². The van der Waals surface area contributed by atoms with Gasteiger partial charge in [-0.05, 0) is 12.8 Å². The zero-order chi connectivity index (χ0) is 12.5. The topological polar surface area (TPSA) is 84.7 Å². The molecule has 2 aromatic rings. The molecule has 1 fully saturated rings. The van der Waals surface area contributed by atoms with Crippen LogP contribution in [0, 0.1) is 0 Å². The SMILES string of the molecule is Cn1ncc2c(NCC(=O)NC3CC3)ncnc21. The van der Waals surface area contributed by atoms with Crippen molar-refractivity contribution in [1.82, 2.24) is 25.1 Å². The Morgan fingerprint density at radius 3 is 3.11 bits per heavy atom. The van der Waals surface area contributed by atoms with Crippen LogP contribution in [0.1, 0.15) is 12.8 Å². The zero-order valence-electron chi connectivity index (χ0n) is 10.1. The first-order chi connectivity index (χ1) is 8.74. The van der Waals surface area contributed by atoms with Crippen LogP contribution in [0.3, 0.4) is 0 Å². The summed E-state index contributed by atoms with van der Waals surface area (Å²) in [5, 5.41) is 10.9. The molecule has 2 N–H and O–H groups in total. The Morgan fingerprint density at radius 1 is 1.50 bits per heavy atom. The van der Waals surface area contributed by atoms with Gasteiger partial charge in [0.25, 0.3) is 0 Å². The van der Waals surface area contributed by atoms with Gasteiger partial charge in [-0.2, -0.15) is 5.10 Å². The molecule has 2 aromatic heterocycles. The molecular formula is C11H14N6O. The van der Waals surface area contributed by atoms with Gasteiger partial charge in [0.05, 0.1) is 18.1 Å². The fourth-order valence-corrected chi connectivity index (χ4v) is 1.77. The maximum atomic E-state index is 11.6. The molecule has 2 heterocycles. The smallest absolute Gasteiger partial charge is 0.239 e. The van der Waals surface area contributed by atoms with Gasteiger partial charge in [0, 0.05) is 13.1 Å². The molecule has 0 saturated heterocycles. The highest BCUT2D eigenvalue weighted by atomic mass is 16.2. The number of nitrogens with zero attached hydrogens (tertiary/aromatic N) is 4. The third-order valence-electron chi connectivity index (χ3n) is 2.89. The lowest BCUT2D eigenvalue weighted by Gasteiger charge is -2.06. The molecule has 1 saturated carbocycles. The average molecular weight is 246 g/mol. The Bertz CT molecular complexity index is 588. The van der Waals surface area contributed by atoms with Crippen molar-refractivity contribution in [2.45, 2.75) is 18.9 Å². The molecule has 1 aliphatic carbocycles. The second-order valence-electron chi connectivity index (χ2n) is 4.42. The van der Waals surface area contributed by atoms with Crippen molar-refractivity contribution >= 4 is 22.8 Å². The van der Waals surface area contributed by atoms with Crippen molar-refractivity contribution in [2.24, 2.45) is 7.05 Å². The first-order valence-corrected chi connectivity index (χ1v) is 5.90. The highest BCUT2D eigenvalue weighted by Gasteiger charge is 2.23. The fourth-order valence-electron chi connectivity index (χ4n) is 1.77. The molecule has 7 heteroatoms. The summed E-state index contributed by atoms with van der Waals surface area (Å²) in [6, 6.07) is 0.378. The van der Waals surface area contributed by atoms with Gasteiger partial charge in [-0.3, -0.25) is 9.48 Å². The molecule has 0 aromatic carbocycles. The van der Waals surface area contributed by atoms with Crippen LogP contribution in [-0.2, 0) is 11.8 Å². The van der Waals surface area contributed by atoms with Crippen LogP contribution >= 0.6 is 0 Å². The Kier molecular flexibility index (Phi) is 2.58. The van der Waals surface area contributed by atoms with Crippen LogP contribution < -0.4 is 10.6 Å². The summed E-state index contributed by atoms with van der Waals surface area (Å²) in [5.74, 6) is 0.632. The summed E-state index contributed by atoms with van der Waals surface area (Å²) in [6.07, 6.45) is 5.33. The van der Waals surface area contributed by atoms with Crippen molar-refractivity contribution in [3.8, 4) is 0 Å². The maximum Gasteiger partial charge on any atom is 0.239 e. The molecule has 18 heavy (non-hydrogen) atoms. The van der Waals surface area contributed by atoms with E-state index >= 15 is 0 Å². The lowest BCUT2D eigenvalue weighted by atomic mass is 10.4. The summed E-state index contributed by atoms with van der Waals surface area (Å²) in [4.78, 5) is 19.8. The number of aryl methyl sites for hydroxylation is 1. The summed E-state index contributed by atoms with van der Waals surface area (Å²) in [5.41, 5.74) is 0.745. The standard InChI is InChI=1S/C11H14N6O/c1-17-11-8(4-15-17)10(13-6-14-11)12-5-9(18)16-7-2-3-7/h4,6-7H,2-3,5H2,1H3,(H,16,18)(H,12,13,14). The van der Waals surface area contributed by atoms with E-state index in [2.05, 4.69) is 25.7 Å². The normalized spacial score (nSPS) is 14.7. The number of rotatable bonds is 4. The minimum absolute atomic E-state index is 0.00634. The molecule has 0 aliphatic heterocycles. The van der Waals surface area contributed by atoms with Crippen LogP contribution in [0.2, 0.25) is 0 Å². The van der Waals surface area contributed by atoms with Crippen molar-refractivity contribution in [3.05, 3.63) is 12.5 Å². The number of carbonyl (C=O) groups is 1. The average Bonchev–Trinajstić information content (AvgIpc) is 3.10. The van der Waals surface area contributed by atoms with Crippen LogP contribution in [-0.4, -0.2) is 38.2 Å². The summed E-state index contributed by atoms with van der Waals surface area (Å²) >= 11 is 0. The van der Waals surface area contributed by atoms with Crippen LogP contribution in [0.15, 0.2) is 12.5 Å². The maximum absolute atomic E-state index is 11.6. The molecule has 0 atom stereocenters. The van der Waals surface area contributed by atoms with Crippen molar-refractivity contribution < 1.29 is 4.79 Å². The van der Waals surface area contributed by atoms with Gasteiger partial charge in [0.2, 0.25) is 5.91 Å². The van der Waals surface area contributed by atoms with Crippen molar-refractivity contribution in [1.29, 1.82) is 0 Å². The minimum atomic E-state index is -0.00634. The Balaban J connectivity index is 1.71. The van der Waals surface area contributed by atoms with Crippen LogP contribution in [0.4, 0.5) is 5.82 Å². The van der Waals surface area contributed by atoms with E-state index in [1.54, 1.807) is 10.9 Å². The van der Waals surface area contributed by atoms with E-state index in [-0.39, 0.29) is 12.5 Å². The van der Waals surface area contributed by atoms with Gasteiger partial charge in [-0.1, -0.05) is 0 Å². The molecular weight excluding hydrogens is 232 g/mol. The third-order valence-corrected chi connectivity index (χ3v) is 2.89. The molecule has 3 rings (SSSR count). The van der Waals surface area contributed by atoms with Gasteiger partial charge < -0.3 is 10.6 Å². The number of fused-ring (bicyclic) bond motifs is 1. The Morgan fingerprint density at radius 2 is 2.33 bits per heavy atom. The van der Waals surface area contributed by atoms with E-state index in [4.69, 9.17) is 0 Å². The fraction of sp³-hybridized carbons (Fsp3) is 0.455. The van der Waals surface area contributed by atoms with Crippen LogP contribution in [0.25, 0.3) is 11.0 Å². The van der Waals surface area contributed by atoms with Crippen LogP contribution in [0.5, 0.6) is 0 Å². The number of nitrogens with one attached hydrogen (secondary N) is 2. The highest BCUT2D eigenvalue weighted by molar-refractivity contribution is 5.88. The number of carbonyl (C=O) groups excluding carboxylic acids is 1. The third kappa shape index (κ3) is 2.11. The van der Waals surface area contributed by atoms with Gasteiger partial charge in [-0.15, -0.1) is 0 Å². The quantitative estimate of drug-likeness (QED) is 0.796. The van der Waals surface area contributed by atoms with Crippen molar-refractivity contribution in [2.75, 3.05) is 11.9 Å². The summed E-state index contributed by atoms with van der Waals surface area (Å²) in [7, 11) is 1.82. The molecule has 1 aliphatic rings. The summed E-state index contributed by atoms with van der Waals surface area (Å²) in [6.45, 7) is 0.220. The highest BCUT2D eigenvalue weighted by Crippen LogP contribution is 2.19. The molecule has 0 unspecified atom stereocenters. The lowest BCUT2D eigenvalue weighted by molar-refractivity contribution is -0.119. The lowest BCUT2D eigenvalue weighted by Crippen LogP contribution is -2.31. The molecule has 0 spiro atoms. The largest absolute Gasteiger partial charge is 0.360 e. The van der Waals surface area contributed by atoms with Crippen molar-refractivity contribution in [3.63, 3.8) is 0 Å². The van der Waals surface area contributed by atoms with E-state index in [0.29, 0.717) is 11.9 Å². The predicted molar refractivity (Wildman–Crippen MR) is 66.0 cm³/mol. The molecule has 94 valence electrons. The van der Waals surface area contributed by atoms with E-state index in [1.165, 1.54) is 6.33 Å². The second-order valence-corrected chi connectivity index (χ2v) is 4.42. The van der Waals surface area contributed by atoms with Gasteiger partial charge in [-0.25, -0.2) is 9.97 Å². The first-order valence-electron chi connectivity index (χ1n) is 5.90. The van der Waals surface area contributed by atoms with Gasteiger partial charge in [0.1, 0.15) is 12.1 Å². The monoisotopic (exact) mass is 246 g/mol. The molecule has 1 amide bonds. The second kappa shape index (κ2) is 4.25. The number of aromatic nitrogens is 4. The Hall–Kier alpha value is -2.18. The Labute approximate surface area is 104 Å². The van der Waals surface area contributed by atoms with E-state index < -0.39 is 0 Å². The number of hydrogen-bond acceptors (Lipinski definition) is 5. The number of amides is 1.